The summed E-state index contributed by atoms with van der Waals surface area (Å²) < 4.78 is 16.4. The van der Waals surface area contributed by atoms with E-state index >= 15 is 0 Å². The van der Waals surface area contributed by atoms with Gasteiger partial charge in [0.05, 0.1) is 33.0 Å². The molecule has 0 heterocycles. The molecule has 0 N–H and O–H groups in total. The second kappa shape index (κ2) is 7.49. The lowest BCUT2D eigenvalue weighted by Crippen LogP contribution is -2.04. The van der Waals surface area contributed by atoms with E-state index < -0.39 is 0 Å². The molecule has 0 amide bonds. The third-order valence-corrected chi connectivity index (χ3v) is 4.38. The maximum atomic E-state index is 11.6. The largest absolute Gasteiger partial charge is 0.497 e. The number of hydrogen-bond acceptors (Lipinski definition) is 4. The summed E-state index contributed by atoms with van der Waals surface area (Å²) in [5.41, 5.74) is 3.85. The summed E-state index contributed by atoms with van der Waals surface area (Å²) in [6.45, 7) is 0.896. The van der Waals surface area contributed by atoms with E-state index in [0.717, 1.165) is 23.2 Å². The van der Waals surface area contributed by atoms with Crippen LogP contribution in [-0.4, -0.2) is 20.5 Å². The lowest BCUT2D eigenvalue weighted by Gasteiger charge is -2.15. The second-order valence-corrected chi connectivity index (χ2v) is 5.98. The maximum Gasteiger partial charge on any atom is 0.154 e. The van der Waals surface area contributed by atoms with Gasteiger partial charge in [-0.1, -0.05) is 18.2 Å². The average Bonchev–Trinajstić information content (AvgIpc) is 3.46. The highest BCUT2D eigenvalue weighted by atomic mass is 16.5. The Morgan fingerprint density at radius 3 is 2.33 bits per heavy atom. The van der Waals surface area contributed by atoms with Gasteiger partial charge in [-0.15, -0.1) is 0 Å². The molecule has 1 aliphatic carbocycles. The van der Waals surface area contributed by atoms with Crippen molar-refractivity contribution in [3.05, 3.63) is 58.7 Å². The smallest absolute Gasteiger partial charge is 0.154 e. The second-order valence-electron chi connectivity index (χ2n) is 5.98. The molecule has 4 nitrogen and oxygen atoms in total. The fraction of sp³-hybridized carbons (Fsp3) is 0.350. The lowest BCUT2D eigenvalue weighted by molar-refractivity contribution is 0.103. The number of hydrogen-bond donors (Lipinski definition) is 0. The van der Waals surface area contributed by atoms with Gasteiger partial charge in [0, 0.05) is 0 Å². The molecule has 0 unspecified atom stereocenters. The first-order chi connectivity index (χ1) is 11.8. The first-order valence-corrected chi connectivity index (χ1v) is 8.12. The highest BCUT2D eigenvalue weighted by molar-refractivity contribution is 5.82. The van der Waals surface area contributed by atoms with E-state index in [1.54, 1.807) is 14.2 Å². The predicted octanol–water partition coefficient (Wildman–Crippen LogP) is 4.11. The van der Waals surface area contributed by atoms with E-state index in [2.05, 4.69) is 6.07 Å². The summed E-state index contributed by atoms with van der Waals surface area (Å²) in [4.78, 5) is 11.6. The fourth-order valence-corrected chi connectivity index (χ4v) is 2.90. The van der Waals surface area contributed by atoms with Gasteiger partial charge < -0.3 is 14.2 Å². The molecule has 0 aromatic heterocycles. The Morgan fingerprint density at radius 2 is 1.75 bits per heavy atom. The van der Waals surface area contributed by atoms with Gasteiger partial charge >= 0.3 is 0 Å². The van der Waals surface area contributed by atoms with Crippen LogP contribution < -0.4 is 9.47 Å². The van der Waals surface area contributed by atoms with Crippen LogP contribution >= 0.6 is 0 Å². The van der Waals surface area contributed by atoms with E-state index in [4.69, 9.17) is 14.2 Å². The Hall–Kier alpha value is -2.33. The molecule has 24 heavy (non-hydrogen) atoms. The SMILES string of the molecule is COc1ccc(COCc2c(C3CC3)ccc(OC)c2C=O)cc1. The topological polar surface area (TPSA) is 44.8 Å². The quantitative estimate of drug-likeness (QED) is 0.685. The fourth-order valence-electron chi connectivity index (χ4n) is 2.90. The summed E-state index contributed by atoms with van der Waals surface area (Å²) in [5, 5.41) is 0. The minimum absolute atomic E-state index is 0.406. The summed E-state index contributed by atoms with van der Waals surface area (Å²) in [6.07, 6.45) is 3.23. The van der Waals surface area contributed by atoms with Gasteiger partial charge in [-0.25, -0.2) is 0 Å². The number of benzene rings is 2. The third-order valence-electron chi connectivity index (χ3n) is 4.38. The van der Waals surface area contributed by atoms with E-state index in [0.29, 0.717) is 30.4 Å². The molecular weight excluding hydrogens is 304 g/mol. The van der Waals surface area contributed by atoms with Gasteiger partial charge in [0.15, 0.2) is 6.29 Å². The zero-order chi connectivity index (χ0) is 16.9. The molecular formula is C20H22O4. The molecule has 2 aromatic rings. The lowest BCUT2D eigenvalue weighted by atomic mass is 9.98. The Bertz CT molecular complexity index is 702. The summed E-state index contributed by atoms with van der Waals surface area (Å²) in [6, 6.07) is 11.7. The van der Waals surface area contributed by atoms with Crippen LogP contribution in [-0.2, 0) is 18.0 Å². The van der Waals surface area contributed by atoms with Crippen molar-refractivity contribution in [3.8, 4) is 11.5 Å². The van der Waals surface area contributed by atoms with Gasteiger partial charge in [-0.2, -0.15) is 0 Å². The van der Waals surface area contributed by atoms with Crippen molar-refractivity contribution < 1.29 is 19.0 Å². The van der Waals surface area contributed by atoms with E-state index in [1.165, 1.54) is 18.4 Å². The van der Waals surface area contributed by atoms with Crippen molar-refractivity contribution in [2.75, 3.05) is 14.2 Å². The Labute approximate surface area is 142 Å². The maximum absolute atomic E-state index is 11.6. The number of carbonyl (C=O) groups excluding carboxylic acids is 1. The number of aldehydes is 1. The van der Waals surface area contributed by atoms with Gasteiger partial charge in [0.1, 0.15) is 11.5 Å². The summed E-state index contributed by atoms with van der Waals surface area (Å²) >= 11 is 0. The molecule has 0 bridgehead atoms. The average molecular weight is 326 g/mol. The van der Waals surface area contributed by atoms with Crippen molar-refractivity contribution in [1.82, 2.24) is 0 Å². The first-order valence-electron chi connectivity index (χ1n) is 8.12. The molecule has 126 valence electrons. The van der Waals surface area contributed by atoms with E-state index in [1.807, 2.05) is 30.3 Å². The molecule has 2 aromatic carbocycles. The van der Waals surface area contributed by atoms with Crippen LogP contribution in [0, 0.1) is 0 Å². The van der Waals surface area contributed by atoms with Gasteiger partial charge in [-0.3, -0.25) is 4.79 Å². The number of rotatable bonds is 8. The van der Waals surface area contributed by atoms with Crippen LogP contribution in [0.25, 0.3) is 0 Å². The van der Waals surface area contributed by atoms with Crippen molar-refractivity contribution in [2.24, 2.45) is 0 Å². The van der Waals surface area contributed by atoms with Crippen molar-refractivity contribution in [1.29, 1.82) is 0 Å². The zero-order valence-electron chi connectivity index (χ0n) is 14.1. The molecule has 1 saturated carbocycles. The van der Waals surface area contributed by atoms with Crippen molar-refractivity contribution in [3.63, 3.8) is 0 Å². The molecule has 0 atom stereocenters. The predicted molar refractivity (Wildman–Crippen MR) is 91.8 cm³/mol. The van der Waals surface area contributed by atoms with Crippen LogP contribution in [0.3, 0.4) is 0 Å². The Balaban J connectivity index is 1.74. The van der Waals surface area contributed by atoms with Crippen molar-refractivity contribution >= 4 is 6.29 Å². The number of methoxy groups -OCH3 is 2. The van der Waals surface area contributed by atoms with Gasteiger partial charge in [0.25, 0.3) is 0 Å². The summed E-state index contributed by atoms with van der Waals surface area (Å²) in [5.74, 6) is 1.98. The first kappa shape index (κ1) is 16.5. The van der Waals surface area contributed by atoms with E-state index in [9.17, 15) is 4.79 Å². The van der Waals surface area contributed by atoms with Crippen molar-refractivity contribution in [2.45, 2.75) is 32.0 Å². The molecule has 3 rings (SSSR count). The van der Waals surface area contributed by atoms with Gasteiger partial charge in [-0.05, 0) is 53.6 Å². The molecule has 0 radical (unpaired) electrons. The minimum Gasteiger partial charge on any atom is -0.497 e. The monoisotopic (exact) mass is 326 g/mol. The molecule has 0 aliphatic heterocycles. The van der Waals surface area contributed by atoms with Crippen LogP contribution in [0.15, 0.2) is 36.4 Å². The molecule has 1 fully saturated rings. The Morgan fingerprint density at radius 1 is 1.00 bits per heavy atom. The highest BCUT2D eigenvalue weighted by Gasteiger charge is 2.28. The molecule has 0 saturated heterocycles. The molecule has 4 heteroatoms. The summed E-state index contributed by atoms with van der Waals surface area (Å²) in [7, 11) is 3.23. The highest BCUT2D eigenvalue weighted by Crippen LogP contribution is 2.43. The van der Waals surface area contributed by atoms with Crippen LogP contribution in [0.4, 0.5) is 0 Å². The number of carbonyl (C=O) groups is 1. The van der Waals surface area contributed by atoms with Crippen LogP contribution in [0.1, 0.15) is 45.8 Å². The normalized spacial score (nSPS) is 13.6. The standard InChI is InChI=1S/C20H22O4/c1-22-16-7-3-14(4-8-16)12-24-13-19-17(15-5-6-15)9-10-20(23-2)18(19)11-21/h3-4,7-11,15H,5-6,12-13H2,1-2H3. The third kappa shape index (κ3) is 3.60. The van der Waals surface area contributed by atoms with E-state index in [-0.39, 0.29) is 0 Å². The minimum atomic E-state index is 0.406. The number of ether oxygens (including phenoxy) is 3. The zero-order valence-corrected chi connectivity index (χ0v) is 14.1. The Kier molecular flexibility index (Phi) is 5.16. The van der Waals surface area contributed by atoms with Gasteiger partial charge in [0.2, 0.25) is 0 Å². The van der Waals surface area contributed by atoms with Crippen LogP contribution in [0.5, 0.6) is 11.5 Å². The van der Waals surface area contributed by atoms with Crippen LogP contribution in [0.2, 0.25) is 0 Å². The molecule has 0 spiro atoms. The molecule has 1 aliphatic rings.